The smallest absolute Gasteiger partial charge is 0.306 e. The first-order valence-electron chi connectivity index (χ1n) is 7.78. The maximum atomic E-state index is 12.3. The lowest BCUT2D eigenvalue weighted by Gasteiger charge is -2.23. The number of ether oxygens (including phenoxy) is 2. The Balaban J connectivity index is 2.70. The Labute approximate surface area is 148 Å². The number of anilines is 1. The van der Waals surface area contributed by atoms with Gasteiger partial charge in [-0.15, -0.1) is 0 Å². The molecule has 0 saturated carbocycles. The third-order valence-electron chi connectivity index (χ3n) is 3.29. The van der Waals surface area contributed by atoms with Gasteiger partial charge in [-0.2, -0.15) is 0 Å². The van der Waals surface area contributed by atoms with Crippen LogP contribution < -0.4 is 10.1 Å². The van der Waals surface area contributed by atoms with Gasteiger partial charge < -0.3 is 14.8 Å². The molecular formula is C17H25ClN2O4. The van der Waals surface area contributed by atoms with Gasteiger partial charge in [-0.1, -0.05) is 25.4 Å². The molecule has 0 atom stereocenters. The van der Waals surface area contributed by atoms with Crippen molar-refractivity contribution in [2.75, 3.05) is 39.2 Å². The number of hydrogen-bond donors (Lipinski definition) is 1. The van der Waals surface area contributed by atoms with Crippen LogP contribution in [-0.4, -0.2) is 50.6 Å². The molecule has 1 rings (SSSR count). The highest BCUT2D eigenvalue weighted by Crippen LogP contribution is 2.27. The van der Waals surface area contributed by atoms with Gasteiger partial charge in [0.15, 0.2) is 0 Å². The van der Waals surface area contributed by atoms with E-state index in [1.807, 2.05) is 4.90 Å². The van der Waals surface area contributed by atoms with E-state index in [1.54, 1.807) is 18.2 Å². The first-order chi connectivity index (χ1) is 11.3. The Bertz CT molecular complexity index is 564. The molecule has 1 N–H and O–H groups in total. The quantitative estimate of drug-likeness (QED) is 0.689. The number of rotatable bonds is 9. The Morgan fingerprint density at radius 3 is 2.58 bits per heavy atom. The van der Waals surface area contributed by atoms with Gasteiger partial charge in [-0.3, -0.25) is 14.5 Å². The Morgan fingerprint density at radius 1 is 1.29 bits per heavy atom. The number of methoxy groups -OCH3 is 2. The van der Waals surface area contributed by atoms with Crippen LogP contribution in [0.3, 0.4) is 0 Å². The van der Waals surface area contributed by atoms with E-state index in [-0.39, 0.29) is 24.8 Å². The summed E-state index contributed by atoms with van der Waals surface area (Å²) in [6, 6.07) is 5.03. The third-order valence-corrected chi connectivity index (χ3v) is 3.52. The number of nitrogens with one attached hydrogen (secondary N) is 1. The molecular weight excluding hydrogens is 332 g/mol. The normalized spacial score (nSPS) is 10.8. The van der Waals surface area contributed by atoms with Crippen molar-refractivity contribution < 1.29 is 19.1 Å². The Kier molecular flexibility index (Phi) is 8.57. The topological polar surface area (TPSA) is 67.9 Å². The van der Waals surface area contributed by atoms with Crippen LogP contribution in [0.1, 0.15) is 20.3 Å². The van der Waals surface area contributed by atoms with Crippen LogP contribution in [0.25, 0.3) is 0 Å². The lowest BCUT2D eigenvalue weighted by molar-refractivity contribution is -0.141. The summed E-state index contributed by atoms with van der Waals surface area (Å²) in [6.07, 6.45) is 0.247. The summed E-state index contributed by atoms with van der Waals surface area (Å²) < 4.78 is 9.87. The van der Waals surface area contributed by atoms with E-state index >= 15 is 0 Å². The molecule has 1 aromatic rings. The second kappa shape index (κ2) is 10.2. The molecule has 1 amide bonds. The summed E-state index contributed by atoms with van der Waals surface area (Å²) in [7, 11) is 2.88. The molecule has 0 aliphatic heterocycles. The lowest BCUT2D eigenvalue weighted by atomic mass is 10.2. The zero-order valence-electron chi connectivity index (χ0n) is 14.6. The first kappa shape index (κ1) is 20.3. The number of nitrogens with zero attached hydrogens (tertiary/aromatic N) is 1. The molecule has 0 aromatic heterocycles. The van der Waals surface area contributed by atoms with Gasteiger partial charge in [-0.05, 0) is 24.1 Å². The summed E-state index contributed by atoms with van der Waals surface area (Å²) in [4.78, 5) is 25.6. The van der Waals surface area contributed by atoms with E-state index in [1.165, 1.54) is 14.2 Å². The van der Waals surface area contributed by atoms with E-state index in [9.17, 15) is 9.59 Å². The number of halogens is 1. The molecule has 0 aliphatic carbocycles. The van der Waals surface area contributed by atoms with Gasteiger partial charge in [0, 0.05) is 18.1 Å². The van der Waals surface area contributed by atoms with Crippen LogP contribution in [0.15, 0.2) is 18.2 Å². The molecule has 0 heterocycles. The molecule has 0 radical (unpaired) electrons. The average molecular weight is 357 g/mol. The molecule has 0 fully saturated rings. The minimum Gasteiger partial charge on any atom is -0.495 e. The Hall–Kier alpha value is -1.79. The highest BCUT2D eigenvalue weighted by atomic mass is 35.5. The molecule has 0 saturated heterocycles. The molecule has 24 heavy (non-hydrogen) atoms. The fourth-order valence-corrected chi connectivity index (χ4v) is 2.45. The van der Waals surface area contributed by atoms with Gasteiger partial charge in [-0.25, -0.2) is 0 Å². The van der Waals surface area contributed by atoms with Crippen molar-refractivity contribution in [3.8, 4) is 5.75 Å². The molecule has 6 nitrogen and oxygen atoms in total. The van der Waals surface area contributed by atoms with E-state index in [0.29, 0.717) is 35.5 Å². The summed E-state index contributed by atoms with van der Waals surface area (Å²) in [6.45, 7) is 5.46. The number of carbonyl (C=O) groups excluding carboxylic acids is 2. The SMILES string of the molecule is COC(=O)CCN(CC(=O)Nc1cc(Cl)ccc1OC)CC(C)C. The second-order valence-electron chi connectivity index (χ2n) is 5.85. The van der Waals surface area contributed by atoms with Crippen molar-refractivity contribution in [2.24, 2.45) is 5.92 Å². The zero-order valence-corrected chi connectivity index (χ0v) is 15.4. The van der Waals surface area contributed by atoms with Gasteiger partial charge in [0.05, 0.1) is 32.9 Å². The number of hydrogen-bond acceptors (Lipinski definition) is 5. The van der Waals surface area contributed by atoms with E-state index in [2.05, 4.69) is 23.9 Å². The number of esters is 1. The standard InChI is InChI=1S/C17H25ClN2O4/c1-12(2)10-20(8-7-17(22)24-4)11-16(21)19-14-9-13(18)5-6-15(14)23-3/h5-6,9,12H,7-8,10-11H2,1-4H3,(H,19,21). The largest absolute Gasteiger partial charge is 0.495 e. The fourth-order valence-electron chi connectivity index (χ4n) is 2.27. The zero-order chi connectivity index (χ0) is 18.1. The van der Waals surface area contributed by atoms with Crippen molar-refractivity contribution in [1.82, 2.24) is 4.90 Å². The van der Waals surface area contributed by atoms with Gasteiger partial charge >= 0.3 is 5.97 Å². The number of benzene rings is 1. The van der Waals surface area contributed by atoms with Crippen molar-refractivity contribution in [3.63, 3.8) is 0 Å². The summed E-state index contributed by atoms with van der Waals surface area (Å²) >= 11 is 5.96. The molecule has 7 heteroatoms. The molecule has 1 aromatic carbocycles. The van der Waals surface area contributed by atoms with Crippen molar-refractivity contribution in [2.45, 2.75) is 20.3 Å². The van der Waals surface area contributed by atoms with Gasteiger partial charge in [0.2, 0.25) is 5.91 Å². The average Bonchev–Trinajstić information content (AvgIpc) is 2.51. The molecule has 134 valence electrons. The Morgan fingerprint density at radius 2 is 2.00 bits per heavy atom. The maximum Gasteiger partial charge on any atom is 0.306 e. The minimum atomic E-state index is -0.291. The van der Waals surface area contributed by atoms with Crippen LogP contribution >= 0.6 is 11.6 Å². The highest BCUT2D eigenvalue weighted by molar-refractivity contribution is 6.31. The fraction of sp³-hybridized carbons (Fsp3) is 0.529. The van der Waals surface area contributed by atoms with Crippen LogP contribution in [0, 0.1) is 5.92 Å². The summed E-state index contributed by atoms with van der Waals surface area (Å²) in [5.74, 6) is 0.427. The number of amides is 1. The summed E-state index contributed by atoms with van der Waals surface area (Å²) in [5, 5.41) is 3.31. The third kappa shape index (κ3) is 7.19. The number of carbonyl (C=O) groups is 2. The van der Waals surface area contributed by atoms with E-state index in [0.717, 1.165) is 0 Å². The van der Waals surface area contributed by atoms with E-state index < -0.39 is 0 Å². The predicted molar refractivity (Wildman–Crippen MR) is 94.5 cm³/mol. The summed E-state index contributed by atoms with van der Waals surface area (Å²) in [5.41, 5.74) is 0.521. The lowest BCUT2D eigenvalue weighted by Crippen LogP contribution is -2.37. The van der Waals surface area contributed by atoms with Gasteiger partial charge in [0.25, 0.3) is 0 Å². The molecule has 0 bridgehead atoms. The van der Waals surface area contributed by atoms with E-state index in [4.69, 9.17) is 16.3 Å². The predicted octanol–water partition coefficient (Wildman–Crippen LogP) is 2.81. The van der Waals surface area contributed by atoms with Crippen LogP contribution in [-0.2, 0) is 14.3 Å². The van der Waals surface area contributed by atoms with Crippen LogP contribution in [0.5, 0.6) is 5.75 Å². The molecule has 0 spiro atoms. The first-order valence-corrected chi connectivity index (χ1v) is 8.16. The minimum absolute atomic E-state index is 0.171. The van der Waals surface area contributed by atoms with Crippen molar-refractivity contribution >= 4 is 29.2 Å². The highest BCUT2D eigenvalue weighted by Gasteiger charge is 2.15. The van der Waals surface area contributed by atoms with Crippen LogP contribution in [0.4, 0.5) is 5.69 Å². The molecule has 0 aliphatic rings. The second-order valence-corrected chi connectivity index (χ2v) is 6.28. The van der Waals surface area contributed by atoms with Crippen molar-refractivity contribution in [3.05, 3.63) is 23.2 Å². The van der Waals surface area contributed by atoms with Gasteiger partial charge in [0.1, 0.15) is 5.75 Å². The van der Waals surface area contributed by atoms with Crippen LogP contribution in [0.2, 0.25) is 5.02 Å². The van der Waals surface area contributed by atoms with Crippen molar-refractivity contribution in [1.29, 1.82) is 0 Å². The maximum absolute atomic E-state index is 12.3. The molecule has 0 unspecified atom stereocenters. The monoisotopic (exact) mass is 356 g/mol.